The van der Waals surface area contributed by atoms with Crippen molar-refractivity contribution in [2.75, 3.05) is 5.75 Å². The van der Waals surface area contributed by atoms with Crippen LogP contribution < -0.4 is 0 Å². The Morgan fingerprint density at radius 2 is 0.923 bits per heavy atom. The van der Waals surface area contributed by atoms with Gasteiger partial charge in [0.15, 0.2) is 0 Å². The molecule has 0 aromatic heterocycles. The van der Waals surface area contributed by atoms with Crippen molar-refractivity contribution in [3.05, 3.63) is 0 Å². The summed E-state index contributed by atoms with van der Waals surface area (Å²) in [5, 5.41) is 0. The van der Waals surface area contributed by atoms with Crippen LogP contribution in [0, 0.1) is 5.92 Å². The lowest BCUT2D eigenvalue weighted by Crippen LogP contribution is -2.24. The molecule has 0 fully saturated rings. The summed E-state index contributed by atoms with van der Waals surface area (Å²) in [7, 11) is 0. The molecule has 0 saturated heterocycles. The zero-order valence-corrected chi connectivity index (χ0v) is 20.2. The zero-order valence-electron chi connectivity index (χ0n) is 18.4. The van der Waals surface area contributed by atoms with Crippen molar-refractivity contribution in [1.82, 2.24) is 0 Å². The largest absolute Gasteiger partial charge is 0.179 e. The summed E-state index contributed by atoms with van der Waals surface area (Å²) in [5.41, 5.74) is 0. The molecule has 0 heterocycles. The lowest BCUT2D eigenvalue weighted by molar-refractivity contribution is 0.342. The zero-order chi connectivity index (χ0) is 19.5. The average Bonchev–Trinajstić information content (AvgIpc) is 2.59. The predicted molar refractivity (Wildman–Crippen MR) is 129 cm³/mol. The molecule has 2 heteroatoms. The molecule has 0 aromatic carbocycles. The van der Waals surface area contributed by atoms with Gasteiger partial charge in [-0.15, -0.1) is 0 Å². The van der Waals surface area contributed by atoms with E-state index < -0.39 is 0 Å². The molecule has 0 nitrogen and oxygen atoms in total. The van der Waals surface area contributed by atoms with Crippen LogP contribution in [0.2, 0.25) is 0 Å². The first kappa shape index (κ1) is 26.7. The van der Waals surface area contributed by atoms with Gasteiger partial charge in [-0.1, -0.05) is 117 Å². The molecule has 0 aliphatic heterocycles. The normalized spacial score (nSPS) is 13.3. The molecule has 0 aliphatic rings. The molecule has 0 rings (SSSR count). The molecule has 1 atom stereocenters. The fraction of sp³-hybridized carbons (Fsp3) is 1.00. The van der Waals surface area contributed by atoms with Crippen LogP contribution in [0.3, 0.4) is 0 Å². The van der Waals surface area contributed by atoms with E-state index in [2.05, 4.69) is 33.4 Å². The number of hydrogen-bond donors (Lipinski definition) is 2. The SMILES string of the molecule is CCCCCCCCC(CCCCCCCCCCCCS)C(C)(C)S. The maximum Gasteiger partial charge on any atom is 0.0101 e. The summed E-state index contributed by atoms with van der Waals surface area (Å²) in [6, 6.07) is 0. The number of thiol groups is 2. The van der Waals surface area contributed by atoms with Gasteiger partial charge < -0.3 is 0 Å². The van der Waals surface area contributed by atoms with Crippen LogP contribution in [0.25, 0.3) is 0 Å². The van der Waals surface area contributed by atoms with E-state index in [-0.39, 0.29) is 4.75 Å². The van der Waals surface area contributed by atoms with Gasteiger partial charge >= 0.3 is 0 Å². The standard InChI is InChI=1S/C24H50S2/c1-4-5-6-7-14-17-20-23(24(2,3)26)21-18-15-12-10-8-9-11-13-16-19-22-25/h23,25-26H,4-22H2,1-3H3. The highest BCUT2D eigenvalue weighted by Crippen LogP contribution is 2.33. The maximum atomic E-state index is 4.91. The van der Waals surface area contributed by atoms with Gasteiger partial charge in [-0.25, -0.2) is 0 Å². The van der Waals surface area contributed by atoms with Crippen molar-refractivity contribution >= 4 is 25.3 Å². The molecular formula is C24H50S2. The van der Waals surface area contributed by atoms with Gasteiger partial charge in [0.1, 0.15) is 0 Å². The average molecular weight is 403 g/mol. The van der Waals surface area contributed by atoms with Crippen LogP contribution in [0.4, 0.5) is 0 Å². The van der Waals surface area contributed by atoms with E-state index >= 15 is 0 Å². The van der Waals surface area contributed by atoms with E-state index in [0.717, 1.165) is 11.7 Å². The van der Waals surface area contributed by atoms with Gasteiger partial charge in [-0.2, -0.15) is 25.3 Å². The topological polar surface area (TPSA) is 0 Å². The van der Waals surface area contributed by atoms with Crippen molar-refractivity contribution < 1.29 is 0 Å². The summed E-state index contributed by atoms with van der Waals surface area (Å²) >= 11 is 9.18. The molecule has 1 unspecified atom stereocenters. The van der Waals surface area contributed by atoms with E-state index in [0.29, 0.717) is 0 Å². The van der Waals surface area contributed by atoms with Gasteiger partial charge in [-0.3, -0.25) is 0 Å². The highest BCUT2D eigenvalue weighted by molar-refractivity contribution is 7.81. The van der Waals surface area contributed by atoms with E-state index in [1.807, 2.05) is 0 Å². The van der Waals surface area contributed by atoms with Crippen molar-refractivity contribution in [2.45, 2.75) is 141 Å². The first-order chi connectivity index (χ1) is 12.5. The molecule has 158 valence electrons. The summed E-state index contributed by atoms with van der Waals surface area (Å²) in [5.74, 6) is 1.85. The molecule has 0 bridgehead atoms. The van der Waals surface area contributed by atoms with Crippen molar-refractivity contribution in [1.29, 1.82) is 0 Å². The Kier molecular flexibility index (Phi) is 19.5. The fourth-order valence-electron chi connectivity index (χ4n) is 3.94. The highest BCUT2D eigenvalue weighted by Gasteiger charge is 2.24. The Morgan fingerprint density at radius 3 is 1.27 bits per heavy atom. The van der Waals surface area contributed by atoms with Gasteiger partial charge in [0, 0.05) is 4.75 Å². The molecule has 0 aromatic rings. The molecule has 0 N–H and O–H groups in total. The van der Waals surface area contributed by atoms with Crippen molar-refractivity contribution in [2.24, 2.45) is 5.92 Å². The minimum absolute atomic E-state index is 0.191. The first-order valence-electron chi connectivity index (χ1n) is 11.9. The second-order valence-electron chi connectivity index (χ2n) is 8.95. The minimum atomic E-state index is 0.191. The lowest BCUT2D eigenvalue weighted by Gasteiger charge is -2.30. The fourth-order valence-corrected chi connectivity index (χ4v) is 4.42. The van der Waals surface area contributed by atoms with E-state index in [4.69, 9.17) is 12.6 Å². The highest BCUT2D eigenvalue weighted by atomic mass is 32.1. The van der Waals surface area contributed by atoms with Crippen molar-refractivity contribution in [3.8, 4) is 0 Å². The maximum absolute atomic E-state index is 4.91. The Balaban J connectivity index is 3.60. The Morgan fingerprint density at radius 1 is 0.577 bits per heavy atom. The van der Waals surface area contributed by atoms with Gasteiger partial charge in [0.2, 0.25) is 0 Å². The Bertz CT molecular complexity index is 270. The predicted octanol–water partition coefficient (Wildman–Crippen LogP) is 9.28. The second-order valence-corrected chi connectivity index (χ2v) is 10.6. The van der Waals surface area contributed by atoms with Crippen LogP contribution in [0.5, 0.6) is 0 Å². The molecular weight excluding hydrogens is 352 g/mol. The number of rotatable bonds is 20. The number of hydrogen-bond acceptors (Lipinski definition) is 2. The monoisotopic (exact) mass is 402 g/mol. The molecule has 0 spiro atoms. The smallest absolute Gasteiger partial charge is 0.0101 e. The molecule has 0 amide bonds. The Hall–Kier alpha value is 0.700. The number of unbranched alkanes of at least 4 members (excludes halogenated alkanes) is 14. The summed E-state index contributed by atoms with van der Waals surface area (Å²) in [4.78, 5) is 0. The molecule has 0 radical (unpaired) electrons. The third kappa shape index (κ3) is 18.1. The van der Waals surface area contributed by atoms with E-state index in [1.165, 1.54) is 116 Å². The van der Waals surface area contributed by atoms with Crippen LogP contribution in [0.1, 0.15) is 136 Å². The summed E-state index contributed by atoms with van der Waals surface area (Å²) in [6.45, 7) is 6.95. The van der Waals surface area contributed by atoms with E-state index in [1.54, 1.807) is 0 Å². The molecule has 0 saturated carbocycles. The van der Waals surface area contributed by atoms with Crippen molar-refractivity contribution in [3.63, 3.8) is 0 Å². The third-order valence-electron chi connectivity index (χ3n) is 5.87. The van der Waals surface area contributed by atoms with Crippen LogP contribution in [-0.4, -0.2) is 10.5 Å². The van der Waals surface area contributed by atoms with Crippen LogP contribution in [-0.2, 0) is 0 Å². The summed E-state index contributed by atoms with van der Waals surface area (Å²) < 4.78 is 0.191. The summed E-state index contributed by atoms with van der Waals surface area (Å²) in [6.07, 6.45) is 25.4. The van der Waals surface area contributed by atoms with Gasteiger partial charge in [0.05, 0.1) is 0 Å². The molecule has 26 heavy (non-hydrogen) atoms. The molecule has 0 aliphatic carbocycles. The quantitative estimate of drug-likeness (QED) is 0.147. The first-order valence-corrected chi connectivity index (χ1v) is 12.9. The van der Waals surface area contributed by atoms with Gasteiger partial charge in [-0.05, 0) is 30.9 Å². The third-order valence-corrected chi connectivity index (χ3v) is 6.55. The Labute approximate surface area is 177 Å². The van der Waals surface area contributed by atoms with Crippen LogP contribution >= 0.6 is 25.3 Å². The van der Waals surface area contributed by atoms with Gasteiger partial charge in [0.25, 0.3) is 0 Å². The van der Waals surface area contributed by atoms with Crippen LogP contribution in [0.15, 0.2) is 0 Å². The lowest BCUT2D eigenvalue weighted by atomic mass is 9.85. The second kappa shape index (κ2) is 19.0. The van der Waals surface area contributed by atoms with E-state index in [9.17, 15) is 0 Å². The minimum Gasteiger partial charge on any atom is -0.179 e.